The number of amides is 1. The number of benzene rings is 1. The number of carbonyl (C=O) groups excluding carboxylic acids is 1. The highest BCUT2D eigenvalue weighted by molar-refractivity contribution is 5.75. The summed E-state index contributed by atoms with van der Waals surface area (Å²) in [6, 6.07) is 9.82. The van der Waals surface area contributed by atoms with E-state index in [2.05, 4.69) is 15.5 Å². The van der Waals surface area contributed by atoms with Crippen molar-refractivity contribution in [2.24, 2.45) is 0 Å². The van der Waals surface area contributed by atoms with Gasteiger partial charge < -0.3 is 9.84 Å². The SMILES string of the molecule is CC(C)(C)c1noc(CCC(=O)NCc2ccccc2)n1. The number of carbonyl (C=O) groups is 1. The zero-order valence-corrected chi connectivity index (χ0v) is 12.7. The maximum atomic E-state index is 11.8. The Morgan fingerprint density at radius 2 is 1.95 bits per heavy atom. The molecule has 1 heterocycles. The molecule has 0 spiro atoms. The number of aromatic nitrogens is 2. The van der Waals surface area contributed by atoms with Crippen LogP contribution in [0, 0.1) is 0 Å². The summed E-state index contributed by atoms with van der Waals surface area (Å²) in [5.74, 6) is 1.16. The Kier molecular flexibility index (Phi) is 4.73. The van der Waals surface area contributed by atoms with Gasteiger partial charge in [-0.3, -0.25) is 4.79 Å². The number of aryl methyl sites for hydroxylation is 1. The zero-order chi connectivity index (χ0) is 15.3. The lowest BCUT2D eigenvalue weighted by molar-refractivity contribution is -0.121. The van der Waals surface area contributed by atoms with Gasteiger partial charge in [-0.05, 0) is 5.56 Å². The van der Waals surface area contributed by atoms with Gasteiger partial charge in [-0.15, -0.1) is 0 Å². The molecule has 5 nitrogen and oxygen atoms in total. The standard InChI is InChI=1S/C16H21N3O2/c1-16(2,3)15-18-14(21-19-15)10-9-13(20)17-11-12-7-5-4-6-8-12/h4-8H,9-11H2,1-3H3,(H,17,20). The van der Waals surface area contributed by atoms with E-state index in [-0.39, 0.29) is 11.3 Å². The van der Waals surface area contributed by atoms with Crippen molar-refractivity contribution in [3.8, 4) is 0 Å². The summed E-state index contributed by atoms with van der Waals surface area (Å²) >= 11 is 0. The van der Waals surface area contributed by atoms with Crippen molar-refractivity contribution < 1.29 is 9.32 Å². The largest absolute Gasteiger partial charge is 0.352 e. The monoisotopic (exact) mass is 287 g/mol. The minimum atomic E-state index is -0.142. The molecular formula is C16H21N3O2. The first-order valence-electron chi connectivity index (χ1n) is 7.09. The first kappa shape index (κ1) is 15.2. The fourth-order valence-corrected chi connectivity index (χ4v) is 1.77. The summed E-state index contributed by atoms with van der Waals surface area (Å²) in [7, 11) is 0. The second kappa shape index (κ2) is 6.52. The molecule has 0 saturated heterocycles. The highest BCUT2D eigenvalue weighted by atomic mass is 16.5. The Balaban J connectivity index is 1.78. The average molecular weight is 287 g/mol. The molecule has 112 valence electrons. The zero-order valence-electron chi connectivity index (χ0n) is 12.7. The van der Waals surface area contributed by atoms with E-state index in [9.17, 15) is 4.79 Å². The van der Waals surface area contributed by atoms with Crippen LogP contribution in [0.1, 0.15) is 44.5 Å². The second-order valence-corrected chi connectivity index (χ2v) is 6.02. The Morgan fingerprint density at radius 3 is 2.57 bits per heavy atom. The molecule has 21 heavy (non-hydrogen) atoms. The lowest BCUT2D eigenvalue weighted by Crippen LogP contribution is -2.23. The molecule has 2 aromatic rings. The third-order valence-electron chi connectivity index (χ3n) is 3.04. The van der Waals surface area contributed by atoms with Crippen LogP contribution in [0.5, 0.6) is 0 Å². The summed E-state index contributed by atoms with van der Waals surface area (Å²) in [4.78, 5) is 16.1. The summed E-state index contributed by atoms with van der Waals surface area (Å²) in [5.41, 5.74) is 0.941. The van der Waals surface area contributed by atoms with Gasteiger partial charge in [-0.25, -0.2) is 0 Å². The molecule has 0 fully saturated rings. The Hall–Kier alpha value is -2.17. The number of nitrogens with one attached hydrogen (secondary N) is 1. The predicted octanol–water partition coefficient (Wildman–Crippen LogP) is 2.62. The first-order valence-corrected chi connectivity index (χ1v) is 7.09. The van der Waals surface area contributed by atoms with Crippen LogP contribution in [0.25, 0.3) is 0 Å². The van der Waals surface area contributed by atoms with Crippen LogP contribution < -0.4 is 5.32 Å². The van der Waals surface area contributed by atoms with Crippen molar-refractivity contribution >= 4 is 5.91 Å². The maximum absolute atomic E-state index is 11.8. The highest BCUT2D eigenvalue weighted by Gasteiger charge is 2.21. The van der Waals surface area contributed by atoms with Crippen molar-refractivity contribution in [2.45, 2.75) is 45.6 Å². The van der Waals surface area contributed by atoms with Crippen molar-refractivity contribution in [3.05, 3.63) is 47.6 Å². The molecule has 0 saturated carbocycles. The van der Waals surface area contributed by atoms with Crippen LogP contribution in [0.3, 0.4) is 0 Å². The van der Waals surface area contributed by atoms with E-state index in [0.29, 0.717) is 31.1 Å². The van der Waals surface area contributed by atoms with Crippen LogP contribution in [-0.4, -0.2) is 16.0 Å². The molecular weight excluding hydrogens is 266 g/mol. The molecule has 5 heteroatoms. The van der Waals surface area contributed by atoms with E-state index >= 15 is 0 Å². The maximum Gasteiger partial charge on any atom is 0.227 e. The normalized spacial score (nSPS) is 11.4. The lowest BCUT2D eigenvalue weighted by Gasteiger charge is -2.10. The van der Waals surface area contributed by atoms with Gasteiger partial charge in [0.15, 0.2) is 5.82 Å². The average Bonchev–Trinajstić information content (AvgIpc) is 2.93. The minimum Gasteiger partial charge on any atom is -0.352 e. The smallest absolute Gasteiger partial charge is 0.227 e. The van der Waals surface area contributed by atoms with Gasteiger partial charge >= 0.3 is 0 Å². The van der Waals surface area contributed by atoms with E-state index in [0.717, 1.165) is 5.56 Å². The van der Waals surface area contributed by atoms with Crippen LogP contribution in [0.4, 0.5) is 0 Å². The van der Waals surface area contributed by atoms with Gasteiger partial charge in [-0.1, -0.05) is 56.3 Å². The summed E-state index contributed by atoms with van der Waals surface area (Å²) in [5, 5.41) is 6.82. The number of nitrogens with zero attached hydrogens (tertiary/aromatic N) is 2. The third kappa shape index (κ3) is 4.70. The van der Waals surface area contributed by atoms with Crippen molar-refractivity contribution in [1.29, 1.82) is 0 Å². The summed E-state index contributed by atoms with van der Waals surface area (Å²) in [6.07, 6.45) is 0.808. The van der Waals surface area contributed by atoms with Crippen LogP contribution in [0.15, 0.2) is 34.9 Å². The van der Waals surface area contributed by atoms with Crippen LogP contribution in [0.2, 0.25) is 0 Å². The fraction of sp³-hybridized carbons (Fsp3) is 0.438. The minimum absolute atomic E-state index is 0.0191. The topological polar surface area (TPSA) is 68.0 Å². The Labute approximate surface area is 124 Å². The molecule has 1 aromatic carbocycles. The third-order valence-corrected chi connectivity index (χ3v) is 3.04. The summed E-state index contributed by atoms with van der Waals surface area (Å²) < 4.78 is 5.16. The first-order chi connectivity index (χ1) is 9.95. The van der Waals surface area contributed by atoms with Crippen LogP contribution in [-0.2, 0) is 23.2 Å². The molecule has 0 aliphatic rings. The molecule has 0 bridgehead atoms. The highest BCUT2D eigenvalue weighted by Crippen LogP contribution is 2.18. The molecule has 0 atom stereocenters. The van der Waals surface area contributed by atoms with Gasteiger partial charge in [-0.2, -0.15) is 4.98 Å². The van der Waals surface area contributed by atoms with E-state index in [1.165, 1.54) is 0 Å². The van der Waals surface area contributed by atoms with E-state index in [4.69, 9.17) is 4.52 Å². The van der Waals surface area contributed by atoms with E-state index in [1.807, 2.05) is 51.1 Å². The Morgan fingerprint density at radius 1 is 1.24 bits per heavy atom. The number of hydrogen-bond acceptors (Lipinski definition) is 4. The molecule has 0 radical (unpaired) electrons. The summed E-state index contributed by atoms with van der Waals surface area (Å²) in [6.45, 7) is 6.60. The quantitative estimate of drug-likeness (QED) is 0.918. The number of rotatable bonds is 5. The van der Waals surface area contributed by atoms with Crippen LogP contribution >= 0.6 is 0 Å². The van der Waals surface area contributed by atoms with Crippen molar-refractivity contribution in [1.82, 2.24) is 15.5 Å². The molecule has 0 aliphatic heterocycles. The fourth-order valence-electron chi connectivity index (χ4n) is 1.77. The van der Waals surface area contributed by atoms with Crippen molar-refractivity contribution in [2.75, 3.05) is 0 Å². The molecule has 1 N–H and O–H groups in total. The molecule has 0 unspecified atom stereocenters. The lowest BCUT2D eigenvalue weighted by atomic mass is 9.96. The van der Waals surface area contributed by atoms with E-state index < -0.39 is 0 Å². The van der Waals surface area contributed by atoms with Gasteiger partial charge in [0.05, 0.1) is 0 Å². The van der Waals surface area contributed by atoms with Gasteiger partial charge in [0.1, 0.15) is 0 Å². The van der Waals surface area contributed by atoms with E-state index in [1.54, 1.807) is 0 Å². The number of hydrogen-bond donors (Lipinski definition) is 1. The predicted molar refractivity (Wildman–Crippen MR) is 79.6 cm³/mol. The molecule has 1 amide bonds. The molecule has 1 aromatic heterocycles. The Bertz CT molecular complexity index is 585. The van der Waals surface area contributed by atoms with Gasteiger partial charge in [0.2, 0.25) is 11.8 Å². The van der Waals surface area contributed by atoms with Gasteiger partial charge in [0, 0.05) is 24.8 Å². The van der Waals surface area contributed by atoms with Crippen molar-refractivity contribution in [3.63, 3.8) is 0 Å². The van der Waals surface area contributed by atoms with Gasteiger partial charge in [0.25, 0.3) is 0 Å². The second-order valence-electron chi connectivity index (χ2n) is 6.02. The molecule has 0 aliphatic carbocycles. The molecule has 2 rings (SSSR count).